The molecule has 0 saturated carbocycles. The van der Waals surface area contributed by atoms with Crippen molar-refractivity contribution < 1.29 is 14.3 Å². The van der Waals surface area contributed by atoms with Crippen molar-refractivity contribution in [3.8, 4) is 0 Å². The highest BCUT2D eigenvalue weighted by Crippen LogP contribution is 2.11. The molecule has 0 aliphatic rings. The van der Waals surface area contributed by atoms with Crippen LogP contribution in [0.2, 0.25) is 0 Å². The smallest absolute Gasteiger partial charge is 0.434 e. The molecule has 0 aromatic heterocycles. The second-order valence-corrected chi connectivity index (χ2v) is 12.2. The zero-order valence-corrected chi connectivity index (χ0v) is 29.3. The highest BCUT2D eigenvalue weighted by molar-refractivity contribution is 5.59. The molecule has 0 bridgehead atoms. The van der Waals surface area contributed by atoms with E-state index < -0.39 is 6.16 Å². The van der Waals surface area contributed by atoms with Crippen molar-refractivity contribution in [3.05, 3.63) is 60.8 Å². The Morgan fingerprint density at radius 1 is 0.364 bits per heavy atom. The molecule has 3 heteroatoms. The SMILES string of the molecule is CCCCC/C=C\C/C=C\C/C=C\C/C=C\CCCCOC(=O)OCCCCCCCC/C=C\CCCCCCCCCC. The van der Waals surface area contributed by atoms with Gasteiger partial charge in [0.15, 0.2) is 0 Å². The lowest BCUT2D eigenvalue weighted by atomic mass is 10.1. The second kappa shape index (κ2) is 39.0. The summed E-state index contributed by atoms with van der Waals surface area (Å²) in [5.41, 5.74) is 0. The predicted molar refractivity (Wildman–Crippen MR) is 194 cm³/mol. The zero-order chi connectivity index (χ0) is 31.9. The van der Waals surface area contributed by atoms with Crippen molar-refractivity contribution in [2.24, 2.45) is 0 Å². The molecule has 3 nitrogen and oxygen atoms in total. The van der Waals surface area contributed by atoms with Gasteiger partial charge in [-0.1, -0.05) is 158 Å². The van der Waals surface area contributed by atoms with E-state index in [4.69, 9.17) is 9.47 Å². The molecule has 0 unspecified atom stereocenters. The maximum absolute atomic E-state index is 11.7. The van der Waals surface area contributed by atoms with Crippen LogP contribution < -0.4 is 0 Å². The number of ether oxygens (including phenoxy) is 2. The van der Waals surface area contributed by atoms with Crippen LogP contribution in [0.3, 0.4) is 0 Å². The molecule has 0 spiro atoms. The molecule has 0 heterocycles. The molecule has 0 rings (SSSR count). The van der Waals surface area contributed by atoms with Gasteiger partial charge in [0.2, 0.25) is 0 Å². The van der Waals surface area contributed by atoms with E-state index in [0.717, 1.165) is 51.4 Å². The van der Waals surface area contributed by atoms with E-state index in [9.17, 15) is 4.79 Å². The predicted octanol–water partition coefficient (Wildman–Crippen LogP) is 14.1. The molecule has 0 radical (unpaired) electrons. The number of hydrogen-bond acceptors (Lipinski definition) is 3. The summed E-state index contributed by atoms with van der Waals surface area (Å²) in [5, 5.41) is 0. The first kappa shape index (κ1) is 42.0. The van der Waals surface area contributed by atoms with Gasteiger partial charge in [0.25, 0.3) is 0 Å². The number of hydrogen-bond donors (Lipinski definition) is 0. The standard InChI is InChI=1S/C41H72O3/c1-3-5-7-9-11-13-15-17-19-21-23-25-27-29-31-33-35-37-39-43-41(42)44-40-38-36-34-32-30-28-26-24-22-20-18-16-14-12-10-8-6-4-2/h11,13,17,19,22-25,29,31H,3-10,12,14-16,18,20-21,26-28,30,32-40H2,1-2H3/b13-11-,19-17-,24-22-,25-23-,31-29-. The van der Waals surface area contributed by atoms with Crippen LogP contribution in [0, 0.1) is 0 Å². The quantitative estimate of drug-likeness (QED) is 0.0420. The van der Waals surface area contributed by atoms with Crippen molar-refractivity contribution in [3.63, 3.8) is 0 Å². The van der Waals surface area contributed by atoms with Gasteiger partial charge in [0.1, 0.15) is 0 Å². The van der Waals surface area contributed by atoms with Gasteiger partial charge in [0, 0.05) is 0 Å². The molecule has 0 fully saturated rings. The van der Waals surface area contributed by atoms with E-state index in [2.05, 4.69) is 74.6 Å². The van der Waals surface area contributed by atoms with Gasteiger partial charge >= 0.3 is 6.16 Å². The van der Waals surface area contributed by atoms with Crippen LogP contribution in [-0.2, 0) is 9.47 Å². The van der Waals surface area contributed by atoms with Crippen molar-refractivity contribution in [2.75, 3.05) is 13.2 Å². The van der Waals surface area contributed by atoms with Gasteiger partial charge in [-0.15, -0.1) is 0 Å². The summed E-state index contributed by atoms with van der Waals surface area (Å²) in [6.07, 6.45) is 54.1. The Bertz CT molecular complexity index is 715. The average Bonchev–Trinajstić information content (AvgIpc) is 3.03. The molecule has 44 heavy (non-hydrogen) atoms. The Morgan fingerprint density at radius 3 is 1.09 bits per heavy atom. The topological polar surface area (TPSA) is 35.5 Å². The third-order valence-corrected chi connectivity index (χ3v) is 7.82. The van der Waals surface area contributed by atoms with E-state index in [1.807, 2.05) is 0 Å². The van der Waals surface area contributed by atoms with Gasteiger partial charge in [-0.05, 0) is 83.5 Å². The van der Waals surface area contributed by atoms with Gasteiger partial charge < -0.3 is 9.47 Å². The summed E-state index contributed by atoms with van der Waals surface area (Å²) in [5.74, 6) is 0. The van der Waals surface area contributed by atoms with E-state index in [-0.39, 0.29) is 0 Å². The minimum Gasteiger partial charge on any atom is -0.434 e. The van der Waals surface area contributed by atoms with Crippen molar-refractivity contribution in [1.29, 1.82) is 0 Å². The molecule has 0 aliphatic carbocycles. The lowest BCUT2D eigenvalue weighted by Crippen LogP contribution is -2.09. The monoisotopic (exact) mass is 613 g/mol. The van der Waals surface area contributed by atoms with Gasteiger partial charge in [0.05, 0.1) is 13.2 Å². The highest BCUT2D eigenvalue weighted by atomic mass is 16.7. The molecule has 0 saturated heterocycles. The molecule has 0 aliphatic heterocycles. The summed E-state index contributed by atoms with van der Waals surface area (Å²) in [7, 11) is 0. The third-order valence-electron chi connectivity index (χ3n) is 7.82. The van der Waals surface area contributed by atoms with Gasteiger partial charge in [-0.3, -0.25) is 0 Å². The number of carbonyl (C=O) groups is 1. The van der Waals surface area contributed by atoms with Crippen LogP contribution in [0.15, 0.2) is 60.8 Å². The van der Waals surface area contributed by atoms with E-state index >= 15 is 0 Å². The molecular formula is C41H72O3. The van der Waals surface area contributed by atoms with E-state index in [1.165, 1.54) is 116 Å². The van der Waals surface area contributed by atoms with Crippen LogP contribution in [0.1, 0.15) is 181 Å². The fourth-order valence-electron chi connectivity index (χ4n) is 4.98. The maximum Gasteiger partial charge on any atom is 0.508 e. The van der Waals surface area contributed by atoms with Gasteiger partial charge in [-0.2, -0.15) is 0 Å². The second-order valence-electron chi connectivity index (χ2n) is 12.2. The summed E-state index contributed by atoms with van der Waals surface area (Å²) in [4.78, 5) is 11.7. The Hall–Kier alpha value is -2.03. The summed E-state index contributed by atoms with van der Waals surface area (Å²) >= 11 is 0. The normalized spacial score (nSPS) is 12.2. The average molecular weight is 613 g/mol. The molecule has 0 atom stereocenters. The van der Waals surface area contributed by atoms with Gasteiger partial charge in [-0.25, -0.2) is 4.79 Å². The Morgan fingerprint density at radius 2 is 0.636 bits per heavy atom. The Kier molecular flexibility index (Phi) is 37.2. The molecule has 0 amide bonds. The van der Waals surface area contributed by atoms with Crippen LogP contribution in [0.5, 0.6) is 0 Å². The molecule has 0 aromatic rings. The van der Waals surface area contributed by atoms with Crippen molar-refractivity contribution >= 4 is 6.16 Å². The molecule has 0 N–H and O–H groups in total. The largest absolute Gasteiger partial charge is 0.508 e. The summed E-state index contributed by atoms with van der Waals surface area (Å²) in [6, 6.07) is 0. The number of carbonyl (C=O) groups excluding carboxylic acids is 1. The van der Waals surface area contributed by atoms with Crippen LogP contribution in [-0.4, -0.2) is 19.4 Å². The Balaban J connectivity index is 3.34. The first-order valence-electron chi connectivity index (χ1n) is 18.9. The minimum atomic E-state index is -0.513. The van der Waals surface area contributed by atoms with Crippen molar-refractivity contribution in [1.82, 2.24) is 0 Å². The zero-order valence-electron chi connectivity index (χ0n) is 29.3. The first-order chi connectivity index (χ1) is 21.8. The van der Waals surface area contributed by atoms with Crippen LogP contribution in [0.4, 0.5) is 4.79 Å². The number of unbranched alkanes of at least 4 members (excludes halogenated alkanes) is 19. The fourth-order valence-corrected chi connectivity index (χ4v) is 4.98. The third kappa shape index (κ3) is 38.0. The number of allylic oxidation sites excluding steroid dienone is 10. The lowest BCUT2D eigenvalue weighted by Gasteiger charge is -2.06. The minimum absolute atomic E-state index is 0.445. The summed E-state index contributed by atoms with van der Waals surface area (Å²) < 4.78 is 10.4. The molecule has 0 aromatic carbocycles. The maximum atomic E-state index is 11.7. The van der Waals surface area contributed by atoms with Crippen molar-refractivity contribution in [2.45, 2.75) is 181 Å². The molecule has 254 valence electrons. The lowest BCUT2D eigenvalue weighted by molar-refractivity contribution is 0.0530. The highest BCUT2D eigenvalue weighted by Gasteiger charge is 2.02. The molecular weight excluding hydrogens is 540 g/mol. The first-order valence-corrected chi connectivity index (χ1v) is 18.9. The van der Waals surface area contributed by atoms with Crippen LogP contribution >= 0.6 is 0 Å². The summed E-state index contributed by atoms with van der Waals surface area (Å²) in [6.45, 7) is 5.45. The van der Waals surface area contributed by atoms with Crippen LogP contribution in [0.25, 0.3) is 0 Å². The van der Waals surface area contributed by atoms with E-state index in [1.54, 1.807) is 0 Å². The Labute approximate surface area is 274 Å². The fraction of sp³-hybridized carbons (Fsp3) is 0.732. The van der Waals surface area contributed by atoms with E-state index in [0.29, 0.717) is 13.2 Å². The number of rotatable bonds is 33.